The molecule has 2 rings (SSSR count). The second-order valence-corrected chi connectivity index (χ2v) is 5.05. The lowest BCUT2D eigenvalue weighted by atomic mass is 9.98. The zero-order valence-corrected chi connectivity index (χ0v) is 11.0. The molecule has 0 saturated carbocycles. The number of halogens is 1. The van der Waals surface area contributed by atoms with E-state index in [1.54, 1.807) is 12.1 Å². The van der Waals surface area contributed by atoms with E-state index < -0.39 is 0 Å². The van der Waals surface area contributed by atoms with Gasteiger partial charge in [0.15, 0.2) is 0 Å². The number of hydrogen-bond acceptors (Lipinski definition) is 3. The maximum absolute atomic E-state index is 13.9. The molecule has 0 aromatic heterocycles. The van der Waals surface area contributed by atoms with Crippen LogP contribution in [0.15, 0.2) is 18.2 Å². The first-order chi connectivity index (χ1) is 9.24. The Kier molecular flexibility index (Phi) is 4.89. The second-order valence-electron chi connectivity index (χ2n) is 5.05. The fraction of sp³-hybridized carbons (Fsp3) is 0.533. The third-order valence-corrected chi connectivity index (χ3v) is 3.77. The van der Waals surface area contributed by atoms with Gasteiger partial charge in [-0.2, -0.15) is 5.26 Å². The maximum Gasteiger partial charge on any atom is 0.129 e. The lowest BCUT2D eigenvalue weighted by Crippen LogP contribution is -2.39. The quantitative estimate of drug-likeness (QED) is 0.906. The predicted molar refractivity (Wildman–Crippen MR) is 70.9 cm³/mol. The molecule has 1 aliphatic rings. The molecule has 1 atom stereocenters. The summed E-state index contributed by atoms with van der Waals surface area (Å²) < 4.78 is 13.9. The normalized spacial score (nSPS) is 20.2. The molecule has 1 aliphatic heterocycles. The minimum atomic E-state index is -0.313. The third kappa shape index (κ3) is 3.52. The number of nitriles is 1. The second kappa shape index (κ2) is 6.65. The van der Waals surface area contributed by atoms with Crippen molar-refractivity contribution >= 4 is 0 Å². The summed E-state index contributed by atoms with van der Waals surface area (Å²) in [6.07, 6.45) is 4.12. The van der Waals surface area contributed by atoms with Crippen LogP contribution in [0.25, 0.3) is 0 Å². The first-order valence-corrected chi connectivity index (χ1v) is 6.78. The van der Waals surface area contributed by atoms with Crippen LogP contribution in [-0.2, 0) is 6.54 Å². The van der Waals surface area contributed by atoms with E-state index in [9.17, 15) is 4.39 Å². The third-order valence-electron chi connectivity index (χ3n) is 3.77. The Morgan fingerprint density at radius 2 is 2.26 bits per heavy atom. The number of piperidine rings is 1. The summed E-state index contributed by atoms with van der Waals surface area (Å²) in [7, 11) is 0. The molecule has 3 nitrogen and oxygen atoms in total. The average molecular weight is 262 g/mol. The Hall–Kier alpha value is -1.44. The van der Waals surface area contributed by atoms with Crippen LogP contribution < -0.4 is 0 Å². The predicted octanol–water partition coefficient (Wildman–Crippen LogP) is 2.43. The van der Waals surface area contributed by atoms with Crippen LogP contribution >= 0.6 is 0 Å². The van der Waals surface area contributed by atoms with Crippen molar-refractivity contribution in [2.24, 2.45) is 0 Å². The van der Waals surface area contributed by atoms with E-state index in [0.717, 1.165) is 25.8 Å². The lowest BCUT2D eigenvalue weighted by Gasteiger charge is -2.35. The summed E-state index contributed by atoms with van der Waals surface area (Å²) >= 11 is 0. The standard InChI is InChI=1S/C15H19FN2O/c16-15-9-12(10-17)4-5-13(15)11-18-7-2-1-3-14(18)6-8-19/h4-5,9,14,19H,1-3,6-8,11H2. The Labute approximate surface area is 113 Å². The van der Waals surface area contributed by atoms with Gasteiger partial charge < -0.3 is 5.11 Å². The molecule has 1 N–H and O–H groups in total. The summed E-state index contributed by atoms with van der Waals surface area (Å²) in [5, 5.41) is 17.8. The summed E-state index contributed by atoms with van der Waals surface area (Å²) in [6.45, 7) is 1.68. The topological polar surface area (TPSA) is 47.3 Å². The molecule has 19 heavy (non-hydrogen) atoms. The van der Waals surface area contributed by atoms with Crippen molar-refractivity contribution in [2.45, 2.75) is 38.3 Å². The number of hydrogen-bond donors (Lipinski definition) is 1. The molecule has 1 saturated heterocycles. The van der Waals surface area contributed by atoms with Gasteiger partial charge in [0.1, 0.15) is 5.82 Å². The van der Waals surface area contributed by atoms with Crippen LogP contribution in [0.5, 0.6) is 0 Å². The molecule has 0 aliphatic carbocycles. The zero-order chi connectivity index (χ0) is 13.7. The Morgan fingerprint density at radius 1 is 1.42 bits per heavy atom. The van der Waals surface area contributed by atoms with Gasteiger partial charge in [0.2, 0.25) is 0 Å². The van der Waals surface area contributed by atoms with E-state index in [1.807, 2.05) is 6.07 Å². The zero-order valence-electron chi connectivity index (χ0n) is 11.0. The van der Waals surface area contributed by atoms with E-state index in [-0.39, 0.29) is 12.4 Å². The number of aliphatic hydroxyl groups is 1. The van der Waals surface area contributed by atoms with Crippen LogP contribution in [0.2, 0.25) is 0 Å². The Balaban J connectivity index is 2.08. The highest BCUT2D eigenvalue weighted by molar-refractivity contribution is 5.32. The highest BCUT2D eigenvalue weighted by Gasteiger charge is 2.22. The number of benzene rings is 1. The van der Waals surface area contributed by atoms with Gasteiger partial charge in [-0.1, -0.05) is 12.5 Å². The van der Waals surface area contributed by atoms with Crippen LogP contribution in [0.4, 0.5) is 4.39 Å². The molecule has 1 unspecified atom stereocenters. The highest BCUT2D eigenvalue weighted by atomic mass is 19.1. The smallest absolute Gasteiger partial charge is 0.129 e. The summed E-state index contributed by atoms with van der Waals surface area (Å²) in [6, 6.07) is 6.92. The van der Waals surface area contributed by atoms with Crippen molar-refractivity contribution < 1.29 is 9.50 Å². The monoisotopic (exact) mass is 262 g/mol. The van der Waals surface area contributed by atoms with Gasteiger partial charge in [0.05, 0.1) is 11.6 Å². The summed E-state index contributed by atoms with van der Waals surface area (Å²) in [4.78, 5) is 2.24. The molecule has 0 radical (unpaired) electrons. The van der Waals surface area contributed by atoms with Crippen molar-refractivity contribution in [1.29, 1.82) is 5.26 Å². The molecule has 1 aromatic carbocycles. The van der Waals surface area contributed by atoms with Gasteiger partial charge in [-0.05, 0) is 37.9 Å². The van der Waals surface area contributed by atoms with Gasteiger partial charge in [-0.25, -0.2) is 4.39 Å². The largest absolute Gasteiger partial charge is 0.396 e. The fourth-order valence-electron chi connectivity index (χ4n) is 2.71. The van der Waals surface area contributed by atoms with E-state index in [2.05, 4.69) is 4.90 Å². The number of nitrogens with zero attached hydrogens (tertiary/aromatic N) is 2. The van der Waals surface area contributed by atoms with E-state index in [4.69, 9.17) is 10.4 Å². The van der Waals surface area contributed by atoms with E-state index >= 15 is 0 Å². The summed E-state index contributed by atoms with van der Waals surface area (Å²) in [5.74, 6) is -0.313. The van der Waals surface area contributed by atoms with Crippen molar-refractivity contribution in [2.75, 3.05) is 13.2 Å². The van der Waals surface area contributed by atoms with Crippen molar-refractivity contribution in [3.8, 4) is 6.07 Å². The van der Waals surface area contributed by atoms with Gasteiger partial charge in [0, 0.05) is 24.8 Å². The van der Waals surface area contributed by atoms with Crippen LogP contribution in [-0.4, -0.2) is 29.2 Å². The minimum absolute atomic E-state index is 0.178. The molecular weight excluding hydrogens is 243 g/mol. The van der Waals surface area contributed by atoms with Crippen LogP contribution in [0.3, 0.4) is 0 Å². The molecule has 0 bridgehead atoms. The first kappa shape index (κ1) is 14.0. The molecule has 1 fully saturated rings. The molecule has 1 heterocycles. The molecule has 4 heteroatoms. The van der Waals surface area contributed by atoms with Gasteiger partial charge in [-0.3, -0.25) is 4.90 Å². The van der Waals surface area contributed by atoms with E-state index in [0.29, 0.717) is 23.7 Å². The Morgan fingerprint density at radius 3 is 2.95 bits per heavy atom. The van der Waals surface area contributed by atoms with Crippen molar-refractivity contribution in [1.82, 2.24) is 4.90 Å². The van der Waals surface area contributed by atoms with E-state index in [1.165, 1.54) is 12.5 Å². The molecule has 0 amide bonds. The van der Waals surface area contributed by atoms with Crippen molar-refractivity contribution in [3.63, 3.8) is 0 Å². The van der Waals surface area contributed by atoms with Gasteiger partial charge >= 0.3 is 0 Å². The SMILES string of the molecule is N#Cc1ccc(CN2CCCCC2CCO)c(F)c1. The van der Waals surface area contributed by atoms with Gasteiger partial charge in [-0.15, -0.1) is 0 Å². The highest BCUT2D eigenvalue weighted by Crippen LogP contribution is 2.23. The average Bonchev–Trinajstić information content (AvgIpc) is 2.43. The van der Waals surface area contributed by atoms with Crippen LogP contribution in [0.1, 0.15) is 36.8 Å². The fourth-order valence-corrected chi connectivity index (χ4v) is 2.71. The number of likely N-dealkylation sites (tertiary alicyclic amines) is 1. The number of rotatable bonds is 4. The Bertz CT molecular complexity index is 468. The summed E-state index contributed by atoms with van der Waals surface area (Å²) in [5.41, 5.74) is 0.982. The minimum Gasteiger partial charge on any atom is -0.396 e. The molecule has 1 aromatic rings. The molecule has 102 valence electrons. The lowest BCUT2D eigenvalue weighted by molar-refractivity contribution is 0.111. The number of aliphatic hydroxyl groups excluding tert-OH is 1. The van der Waals surface area contributed by atoms with Gasteiger partial charge in [0.25, 0.3) is 0 Å². The van der Waals surface area contributed by atoms with Crippen molar-refractivity contribution in [3.05, 3.63) is 35.1 Å². The molecular formula is C15H19FN2O. The maximum atomic E-state index is 13.9. The van der Waals surface area contributed by atoms with Crippen LogP contribution in [0, 0.1) is 17.1 Å². The first-order valence-electron chi connectivity index (χ1n) is 6.78. The molecule has 0 spiro atoms.